The Kier molecular flexibility index (Phi) is 18.3. The van der Waals surface area contributed by atoms with Crippen molar-refractivity contribution in [2.75, 3.05) is 5.75 Å². The molecule has 0 aromatic carbocycles. The first-order chi connectivity index (χ1) is 9.52. The number of aliphatic carboxylic acids is 1. The molecule has 0 aliphatic carbocycles. The van der Waals surface area contributed by atoms with Crippen LogP contribution in [0, 0.1) is 0 Å². The van der Waals surface area contributed by atoms with E-state index >= 15 is 0 Å². The van der Waals surface area contributed by atoms with Crippen molar-refractivity contribution < 1.29 is 95.0 Å². The minimum absolute atomic E-state index is 0. The fourth-order valence-electron chi connectivity index (χ4n) is 1.89. The Morgan fingerprint density at radius 2 is 1.30 bits per heavy atom. The monoisotopic (exact) mass is 390 g/mol. The summed E-state index contributed by atoms with van der Waals surface area (Å²) in [5.41, 5.74) is 0. The van der Waals surface area contributed by atoms with Crippen molar-refractivity contribution in [3.8, 4) is 0 Å². The third kappa shape index (κ3) is 19.5. The Balaban J connectivity index is -0.00000200. The van der Waals surface area contributed by atoms with Gasteiger partial charge in [0, 0.05) is 6.42 Å². The number of hydrogen-bond acceptors (Lipinski definition) is 7. The number of unbranched alkanes of at least 4 members (excludes halogenated alkanes) is 5. The van der Waals surface area contributed by atoms with Crippen LogP contribution in [0.25, 0.3) is 0 Å². The molecule has 0 aromatic heterocycles. The van der Waals surface area contributed by atoms with Gasteiger partial charge >= 0.3 is 65.1 Å². The molecule has 1 unspecified atom stereocenters. The fourth-order valence-corrected chi connectivity index (χ4v) is 4.14. The predicted molar refractivity (Wildman–Crippen MR) is 72.6 cm³/mol. The first-order valence-electron chi connectivity index (χ1n) is 6.62. The second kappa shape index (κ2) is 14.5. The fraction of sp³-hybridized carbons (Fsp3) is 0.909. The van der Waals surface area contributed by atoms with E-state index in [9.17, 15) is 30.7 Å². The van der Waals surface area contributed by atoms with Gasteiger partial charge in [-0.1, -0.05) is 32.1 Å². The molecule has 0 saturated carbocycles. The summed E-state index contributed by atoms with van der Waals surface area (Å²) < 4.78 is 64.2. The van der Waals surface area contributed by atoms with Gasteiger partial charge in [0.2, 0.25) is 0 Å². The first-order valence-corrected chi connectivity index (χ1v) is 9.67. The summed E-state index contributed by atoms with van der Waals surface area (Å²) in [6.45, 7) is 0. The predicted octanol–water partition coefficient (Wildman–Crippen LogP) is -5.34. The van der Waals surface area contributed by atoms with Crippen LogP contribution in [0.1, 0.15) is 51.4 Å². The van der Waals surface area contributed by atoms with E-state index < -0.39 is 37.2 Å². The average Bonchev–Trinajstić information content (AvgIpc) is 2.27. The van der Waals surface area contributed by atoms with Crippen LogP contribution < -0.4 is 59.1 Å². The molecule has 8 nitrogen and oxygen atoms in total. The molecule has 12 heteroatoms. The van der Waals surface area contributed by atoms with Gasteiger partial charge in [-0.05, 0) is 12.8 Å². The number of rotatable bonds is 12. The van der Waals surface area contributed by atoms with Crippen molar-refractivity contribution in [2.45, 2.75) is 56.6 Å². The van der Waals surface area contributed by atoms with Crippen molar-refractivity contribution in [1.82, 2.24) is 0 Å². The summed E-state index contributed by atoms with van der Waals surface area (Å²) in [7, 11) is -9.56. The van der Waals surface area contributed by atoms with Gasteiger partial charge in [0.15, 0.2) is 0 Å². The summed E-state index contributed by atoms with van der Waals surface area (Å²) >= 11 is 0. The Morgan fingerprint density at radius 1 is 0.870 bits per heavy atom. The minimum atomic E-state index is -4.80. The van der Waals surface area contributed by atoms with Crippen LogP contribution in [0.4, 0.5) is 0 Å². The van der Waals surface area contributed by atoms with Gasteiger partial charge in [-0.15, -0.1) is 0 Å². The third-order valence-electron chi connectivity index (χ3n) is 2.97. The largest absolute Gasteiger partial charge is 1.00 e. The van der Waals surface area contributed by atoms with E-state index in [1.165, 1.54) is 0 Å². The van der Waals surface area contributed by atoms with E-state index in [0.717, 1.165) is 19.3 Å². The van der Waals surface area contributed by atoms with Gasteiger partial charge < -0.3 is 14.2 Å². The third-order valence-corrected chi connectivity index (χ3v) is 5.21. The summed E-state index contributed by atoms with van der Waals surface area (Å²) in [6.07, 6.45) is 3.71. The standard InChI is InChI=1S/C11H22O8S2.2Na/c12-11(13)8-6-4-2-1-3-5-7-10(21(17,18)19)9-20(14,15)16;;/h10H,1-9H2,(H,12,13)(H,14,15,16)(H,17,18,19);;/q;2*+1/p-2. The molecule has 0 radical (unpaired) electrons. The molecule has 0 spiro atoms. The Morgan fingerprint density at radius 3 is 1.70 bits per heavy atom. The molecule has 0 heterocycles. The number of hydrogen-bond donors (Lipinski definition) is 1. The molecule has 23 heavy (non-hydrogen) atoms. The average molecular weight is 390 g/mol. The van der Waals surface area contributed by atoms with Crippen LogP contribution in [0.2, 0.25) is 0 Å². The Hall–Kier alpha value is 1.29. The van der Waals surface area contributed by atoms with Crippen molar-refractivity contribution in [2.24, 2.45) is 0 Å². The minimum Gasteiger partial charge on any atom is -0.748 e. The first kappa shape index (κ1) is 29.1. The summed E-state index contributed by atoms with van der Waals surface area (Å²) in [5.74, 6) is -2.03. The summed E-state index contributed by atoms with van der Waals surface area (Å²) in [6, 6.07) is 0. The van der Waals surface area contributed by atoms with Crippen LogP contribution in [0.5, 0.6) is 0 Å². The summed E-state index contributed by atoms with van der Waals surface area (Å²) in [4.78, 5) is 10.3. The van der Waals surface area contributed by atoms with Gasteiger partial charge in [-0.25, -0.2) is 16.8 Å². The van der Waals surface area contributed by atoms with E-state index in [1.807, 2.05) is 0 Å². The summed E-state index contributed by atoms with van der Waals surface area (Å²) in [5, 5.41) is 6.74. The number of carboxylic acids is 1. The van der Waals surface area contributed by atoms with Crippen LogP contribution >= 0.6 is 0 Å². The maximum atomic E-state index is 10.9. The van der Waals surface area contributed by atoms with Gasteiger partial charge in [0.05, 0.1) is 31.2 Å². The normalized spacial score (nSPS) is 12.8. The number of carbonyl (C=O) groups is 1. The van der Waals surface area contributed by atoms with E-state index in [4.69, 9.17) is 5.11 Å². The second-order valence-electron chi connectivity index (χ2n) is 4.89. The molecular formula is C11H20Na2O8S2. The molecule has 1 atom stereocenters. The molecule has 126 valence electrons. The molecular weight excluding hydrogens is 370 g/mol. The molecule has 0 saturated heterocycles. The molecule has 0 aliphatic rings. The SMILES string of the molecule is O=C(O)CCCCCCCCC(CS(=O)(=O)[O-])S(=O)(=O)[O-].[Na+].[Na+]. The molecule has 0 aliphatic heterocycles. The van der Waals surface area contributed by atoms with Gasteiger partial charge in [-0.2, -0.15) is 0 Å². The van der Waals surface area contributed by atoms with E-state index in [1.54, 1.807) is 0 Å². The van der Waals surface area contributed by atoms with Crippen molar-refractivity contribution in [1.29, 1.82) is 0 Å². The Bertz CT molecular complexity index is 518. The maximum Gasteiger partial charge on any atom is 1.00 e. The molecule has 0 bridgehead atoms. The molecule has 1 N–H and O–H groups in total. The zero-order valence-corrected chi connectivity index (χ0v) is 19.2. The molecule has 0 amide bonds. The Labute approximate surface area is 181 Å². The number of carboxylic acid groups (broad SMARTS) is 1. The second-order valence-corrected chi connectivity index (χ2v) is 7.99. The van der Waals surface area contributed by atoms with E-state index in [2.05, 4.69) is 0 Å². The smallest absolute Gasteiger partial charge is 0.748 e. The topological polar surface area (TPSA) is 152 Å². The molecule has 0 aromatic rings. The van der Waals surface area contributed by atoms with Crippen LogP contribution in [-0.2, 0) is 25.0 Å². The van der Waals surface area contributed by atoms with Crippen molar-refractivity contribution in [3.05, 3.63) is 0 Å². The van der Waals surface area contributed by atoms with Crippen LogP contribution in [0.15, 0.2) is 0 Å². The van der Waals surface area contributed by atoms with Crippen LogP contribution in [0.3, 0.4) is 0 Å². The zero-order chi connectivity index (χ0) is 16.5. The molecule has 0 fully saturated rings. The zero-order valence-electron chi connectivity index (χ0n) is 13.6. The van der Waals surface area contributed by atoms with Crippen molar-refractivity contribution in [3.63, 3.8) is 0 Å². The van der Waals surface area contributed by atoms with Crippen molar-refractivity contribution >= 4 is 26.2 Å². The molecule has 0 rings (SSSR count). The van der Waals surface area contributed by atoms with E-state index in [-0.39, 0.29) is 72.0 Å². The van der Waals surface area contributed by atoms with Crippen LogP contribution in [-0.4, -0.2) is 48.0 Å². The van der Waals surface area contributed by atoms with Gasteiger partial charge in [-0.3, -0.25) is 4.79 Å². The maximum absolute atomic E-state index is 10.9. The quantitative estimate of drug-likeness (QED) is 0.197. The van der Waals surface area contributed by atoms with E-state index in [0.29, 0.717) is 19.3 Å². The van der Waals surface area contributed by atoms with Gasteiger partial charge in [0.1, 0.15) is 0 Å². The van der Waals surface area contributed by atoms with Gasteiger partial charge in [0.25, 0.3) is 0 Å².